The fourth-order valence-corrected chi connectivity index (χ4v) is 2.41. The van der Waals surface area contributed by atoms with Crippen molar-refractivity contribution in [1.82, 2.24) is 4.98 Å². The van der Waals surface area contributed by atoms with Crippen LogP contribution in [0.1, 0.15) is 16.7 Å². The van der Waals surface area contributed by atoms with E-state index in [4.69, 9.17) is 0 Å². The molecule has 2 aromatic carbocycles. The van der Waals surface area contributed by atoms with E-state index in [9.17, 15) is 18.3 Å². The lowest BCUT2D eigenvalue weighted by molar-refractivity contribution is -0.138. The Hall–Kier alpha value is -2.76. The molecule has 0 saturated carbocycles. The Morgan fingerprint density at radius 2 is 1.87 bits per heavy atom. The highest BCUT2D eigenvalue weighted by molar-refractivity contribution is 6.02. The van der Waals surface area contributed by atoms with Crippen molar-refractivity contribution >= 4 is 22.8 Å². The van der Waals surface area contributed by atoms with Crippen molar-refractivity contribution in [2.45, 2.75) is 13.1 Å². The lowest BCUT2D eigenvalue weighted by Crippen LogP contribution is -2.06. The van der Waals surface area contributed by atoms with Gasteiger partial charge in [-0.05, 0) is 30.7 Å². The van der Waals surface area contributed by atoms with Gasteiger partial charge in [0, 0.05) is 17.1 Å². The average Bonchev–Trinajstić information content (AvgIpc) is 2.81. The Labute approximate surface area is 130 Å². The summed E-state index contributed by atoms with van der Waals surface area (Å²) in [6, 6.07) is 11.1. The number of aromatic amines is 1. The van der Waals surface area contributed by atoms with Gasteiger partial charge in [-0.15, -0.1) is 0 Å². The van der Waals surface area contributed by atoms with Crippen LogP contribution in [0.15, 0.2) is 47.5 Å². The summed E-state index contributed by atoms with van der Waals surface area (Å²) >= 11 is 0. The summed E-state index contributed by atoms with van der Waals surface area (Å²) < 4.78 is 38.8. The smallest absolute Gasteiger partial charge is 0.416 e. The molecule has 118 valence electrons. The number of aromatic nitrogens is 1. The van der Waals surface area contributed by atoms with E-state index < -0.39 is 11.7 Å². The quantitative estimate of drug-likeness (QED) is 0.645. The van der Waals surface area contributed by atoms with Crippen molar-refractivity contribution in [1.29, 1.82) is 0 Å². The maximum atomic E-state index is 12.9. The summed E-state index contributed by atoms with van der Waals surface area (Å²) in [5.74, 6) is -0.0712. The first-order valence-electron chi connectivity index (χ1n) is 6.88. The number of para-hydroxylation sites is 1. The number of rotatable bonds is 2. The summed E-state index contributed by atoms with van der Waals surface area (Å²) in [5.41, 5.74) is 0.773. The monoisotopic (exact) mass is 318 g/mol. The maximum absolute atomic E-state index is 12.9. The van der Waals surface area contributed by atoms with E-state index in [1.807, 2.05) is 6.07 Å². The van der Waals surface area contributed by atoms with Gasteiger partial charge in [0.25, 0.3) is 0 Å². The fourth-order valence-electron chi connectivity index (χ4n) is 2.41. The van der Waals surface area contributed by atoms with Crippen LogP contribution in [-0.2, 0) is 6.18 Å². The molecular formula is C17H13F3N2O. The average molecular weight is 318 g/mol. The summed E-state index contributed by atoms with van der Waals surface area (Å²) in [5, 5.41) is 10.7. The second-order valence-electron chi connectivity index (χ2n) is 5.19. The first-order valence-corrected chi connectivity index (χ1v) is 6.88. The largest absolute Gasteiger partial charge is 0.494 e. The topological polar surface area (TPSA) is 48.4 Å². The van der Waals surface area contributed by atoms with Gasteiger partial charge in [-0.2, -0.15) is 13.2 Å². The molecular weight excluding hydrogens is 305 g/mol. The fraction of sp³-hybridized carbons (Fsp3) is 0.118. The number of nitrogens with zero attached hydrogens (tertiary/aromatic N) is 1. The van der Waals surface area contributed by atoms with E-state index in [1.54, 1.807) is 18.2 Å². The van der Waals surface area contributed by atoms with Crippen LogP contribution in [0.3, 0.4) is 0 Å². The number of benzene rings is 2. The zero-order chi connectivity index (χ0) is 16.6. The molecule has 6 heteroatoms. The Morgan fingerprint density at radius 3 is 2.61 bits per heavy atom. The number of H-pyrrole nitrogens is 1. The van der Waals surface area contributed by atoms with E-state index in [0.717, 1.165) is 17.0 Å². The van der Waals surface area contributed by atoms with Gasteiger partial charge in [-0.1, -0.05) is 24.3 Å². The molecule has 2 N–H and O–H groups in total. The minimum atomic E-state index is -4.42. The molecule has 0 bridgehead atoms. The Balaban J connectivity index is 2.01. The summed E-state index contributed by atoms with van der Waals surface area (Å²) in [6.07, 6.45) is -3.06. The van der Waals surface area contributed by atoms with Gasteiger partial charge in [-0.3, -0.25) is 4.99 Å². The van der Waals surface area contributed by atoms with E-state index in [1.165, 1.54) is 25.3 Å². The van der Waals surface area contributed by atoms with Crippen molar-refractivity contribution in [3.8, 4) is 5.88 Å². The molecule has 1 heterocycles. The number of aromatic hydroxyl groups is 1. The summed E-state index contributed by atoms with van der Waals surface area (Å²) in [7, 11) is 0. The van der Waals surface area contributed by atoms with Crippen molar-refractivity contribution in [3.05, 3.63) is 59.2 Å². The Morgan fingerprint density at radius 1 is 1.13 bits per heavy atom. The van der Waals surface area contributed by atoms with E-state index in [-0.39, 0.29) is 17.1 Å². The van der Waals surface area contributed by atoms with Gasteiger partial charge in [0.05, 0.1) is 16.8 Å². The van der Waals surface area contributed by atoms with Gasteiger partial charge < -0.3 is 10.1 Å². The summed E-state index contributed by atoms with van der Waals surface area (Å²) in [6.45, 7) is 1.40. The standard InChI is InChI=1S/C17H13F3N2O/c1-10-6-7-11(8-14(10)17(18,19)20)21-9-13-12-4-2-3-5-15(12)22-16(13)23/h2-9,22-23H,1H3. The number of hydrogen-bond acceptors (Lipinski definition) is 2. The second-order valence-corrected chi connectivity index (χ2v) is 5.19. The number of alkyl halides is 3. The van der Waals surface area contributed by atoms with Gasteiger partial charge >= 0.3 is 6.18 Å². The molecule has 0 radical (unpaired) electrons. The number of nitrogens with one attached hydrogen (secondary N) is 1. The Kier molecular flexibility index (Phi) is 3.60. The van der Waals surface area contributed by atoms with Crippen LogP contribution < -0.4 is 0 Å². The molecule has 0 amide bonds. The number of halogens is 3. The highest BCUT2D eigenvalue weighted by Gasteiger charge is 2.32. The summed E-state index contributed by atoms with van der Waals surface area (Å²) in [4.78, 5) is 6.86. The van der Waals surface area contributed by atoms with Crippen LogP contribution in [0.25, 0.3) is 10.9 Å². The SMILES string of the molecule is Cc1ccc(N=Cc2c(O)[nH]c3ccccc23)cc1C(F)(F)F. The third-order valence-electron chi connectivity index (χ3n) is 3.59. The minimum Gasteiger partial charge on any atom is -0.494 e. The highest BCUT2D eigenvalue weighted by Crippen LogP contribution is 2.34. The molecule has 0 unspecified atom stereocenters. The maximum Gasteiger partial charge on any atom is 0.416 e. The van der Waals surface area contributed by atoms with Gasteiger partial charge in [0.15, 0.2) is 5.88 Å². The van der Waals surface area contributed by atoms with Gasteiger partial charge in [-0.25, -0.2) is 0 Å². The van der Waals surface area contributed by atoms with Gasteiger partial charge in [0.1, 0.15) is 0 Å². The third kappa shape index (κ3) is 2.92. The van der Waals surface area contributed by atoms with Crippen LogP contribution in [0.5, 0.6) is 5.88 Å². The van der Waals surface area contributed by atoms with Crippen LogP contribution in [0.4, 0.5) is 18.9 Å². The number of fused-ring (bicyclic) bond motifs is 1. The molecule has 1 aromatic heterocycles. The second kappa shape index (κ2) is 5.46. The Bertz CT molecular complexity index is 894. The molecule has 0 fully saturated rings. The lowest BCUT2D eigenvalue weighted by atomic mass is 10.1. The molecule has 3 rings (SSSR count). The van der Waals surface area contributed by atoms with Crippen LogP contribution in [0.2, 0.25) is 0 Å². The molecule has 0 spiro atoms. The van der Waals surface area contributed by atoms with Crippen molar-refractivity contribution in [2.24, 2.45) is 4.99 Å². The van der Waals surface area contributed by atoms with Crippen molar-refractivity contribution in [3.63, 3.8) is 0 Å². The lowest BCUT2D eigenvalue weighted by Gasteiger charge is -2.10. The molecule has 3 aromatic rings. The number of aliphatic imine (C=N–C) groups is 1. The zero-order valence-corrected chi connectivity index (χ0v) is 12.1. The molecule has 0 aliphatic heterocycles. The third-order valence-corrected chi connectivity index (χ3v) is 3.59. The number of aryl methyl sites for hydroxylation is 1. The molecule has 23 heavy (non-hydrogen) atoms. The predicted octanol–water partition coefficient (Wildman–Crippen LogP) is 4.95. The van der Waals surface area contributed by atoms with E-state index in [0.29, 0.717) is 5.56 Å². The molecule has 0 atom stereocenters. The first-order chi connectivity index (χ1) is 10.9. The van der Waals surface area contributed by atoms with Crippen LogP contribution >= 0.6 is 0 Å². The van der Waals surface area contributed by atoms with Crippen LogP contribution in [-0.4, -0.2) is 16.3 Å². The minimum absolute atomic E-state index is 0.0712. The normalized spacial score (nSPS) is 12.3. The highest BCUT2D eigenvalue weighted by atomic mass is 19.4. The predicted molar refractivity (Wildman–Crippen MR) is 83.4 cm³/mol. The molecule has 0 aliphatic carbocycles. The van der Waals surface area contributed by atoms with E-state index >= 15 is 0 Å². The van der Waals surface area contributed by atoms with E-state index in [2.05, 4.69) is 9.98 Å². The molecule has 0 saturated heterocycles. The molecule has 3 nitrogen and oxygen atoms in total. The first kappa shape index (κ1) is 15.1. The van der Waals surface area contributed by atoms with Gasteiger partial charge in [0.2, 0.25) is 0 Å². The zero-order valence-electron chi connectivity index (χ0n) is 12.1. The number of hydrogen-bond donors (Lipinski definition) is 2. The van der Waals surface area contributed by atoms with Crippen molar-refractivity contribution < 1.29 is 18.3 Å². The molecule has 0 aliphatic rings. The van der Waals surface area contributed by atoms with Crippen LogP contribution in [0, 0.1) is 6.92 Å². The van der Waals surface area contributed by atoms with Crippen molar-refractivity contribution in [2.75, 3.05) is 0 Å².